The summed E-state index contributed by atoms with van der Waals surface area (Å²) in [5.74, 6) is -1.15. The fraction of sp³-hybridized carbons (Fsp3) is 0.231. The molecule has 0 spiro atoms. The van der Waals surface area contributed by atoms with E-state index in [1.165, 1.54) is 17.1 Å². The lowest BCUT2D eigenvalue weighted by atomic mass is 10.2. The minimum absolute atomic E-state index is 0.162. The van der Waals surface area contributed by atoms with Gasteiger partial charge in [-0.25, -0.2) is 0 Å². The number of aryl methyl sites for hydroxylation is 1. The minimum atomic E-state index is -0.985. The Morgan fingerprint density at radius 1 is 1.35 bits per heavy atom. The van der Waals surface area contributed by atoms with Gasteiger partial charge in [0.1, 0.15) is 6.54 Å². The largest absolute Gasteiger partial charge is 0.480 e. The van der Waals surface area contributed by atoms with E-state index in [1.54, 1.807) is 6.20 Å². The summed E-state index contributed by atoms with van der Waals surface area (Å²) in [4.78, 5) is 26.4. The Labute approximate surface area is 115 Å². The highest BCUT2D eigenvalue weighted by Gasteiger charge is 2.07. The summed E-state index contributed by atoms with van der Waals surface area (Å²) in [7, 11) is 0. The first kappa shape index (κ1) is 13.7. The number of hydrogen-bond acceptors (Lipinski definition) is 4. The van der Waals surface area contributed by atoms with Crippen LogP contribution >= 0.6 is 0 Å². The molecule has 0 aliphatic carbocycles. The van der Waals surface area contributed by atoms with E-state index in [0.717, 1.165) is 5.69 Å². The van der Waals surface area contributed by atoms with Crippen LogP contribution < -0.4 is 5.32 Å². The van der Waals surface area contributed by atoms with E-state index < -0.39 is 5.97 Å². The number of carbonyl (C=O) groups is 2. The highest BCUT2D eigenvalue weighted by Crippen LogP contribution is 2.06. The molecule has 0 fully saturated rings. The zero-order valence-corrected chi connectivity index (χ0v) is 10.7. The number of rotatable bonds is 6. The fourth-order valence-electron chi connectivity index (χ4n) is 1.66. The molecule has 2 N–H and O–H groups in total. The van der Waals surface area contributed by atoms with Crippen molar-refractivity contribution in [1.29, 1.82) is 0 Å². The number of nitrogens with zero attached hydrogens (tertiary/aromatic N) is 3. The lowest BCUT2D eigenvalue weighted by Crippen LogP contribution is -2.12. The normalized spacial score (nSPS) is 10.2. The highest BCUT2D eigenvalue weighted by molar-refractivity contribution is 5.90. The molecule has 1 amide bonds. The van der Waals surface area contributed by atoms with Crippen LogP contribution in [0, 0.1) is 0 Å². The Kier molecular flexibility index (Phi) is 4.43. The Morgan fingerprint density at radius 3 is 2.90 bits per heavy atom. The van der Waals surface area contributed by atoms with Crippen molar-refractivity contribution in [1.82, 2.24) is 14.8 Å². The molecule has 0 aliphatic heterocycles. The van der Waals surface area contributed by atoms with Gasteiger partial charge < -0.3 is 10.4 Å². The SMILES string of the molecule is O=C(O)Cn1cc(NC(=O)CCc2ccccn2)cn1. The maximum atomic E-state index is 11.7. The molecule has 0 atom stereocenters. The van der Waals surface area contributed by atoms with Crippen molar-refractivity contribution in [3.05, 3.63) is 42.5 Å². The molecule has 2 heterocycles. The van der Waals surface area contributed by atoms with Crippen molar-refractivity contribution in [3.8, 4) is 0 Å². The van der Waals surface area contributed by atoms with Gasteiger partial charge in [0.25, 0.3) is 0 Å². The summed E-state index contributed by atoms with van der Waals surface area (Å²) in [5.41, 5.74) is 1.33. The Morgan fingerprint density at radius 2 is 2.20 bits per heavy atom. The first-order valence-electron chi connectivity index (χ1n) is 6.07. The Balaban J connectivity index is 1.82. The summed E-state index contributed by atoms with van der Waals surface area (Å²) in [6, 6.07) is 5.55. The third-order valence-electron chi connectivity index (χ3n) is 2.55. The Bertz CT molecular complexity index is 595. The summed E-state index contributed by atoms with van der Waals surface area (Å²) >= 11 is 0. The molecule has 2 aromatic rings. The molecule has 0 radical (unpaired) electrons. The average molecular weight is 274 g/mol. The number of aromatic nitrogens is 3. The zero-order chi connectivity index (χ0) is 14.4. The molecule has 0 saturated carbocycles. The maximum Gasteiger partial charge on any atom is 0.325 e. The topological polar surface area (TPSA) is 97.1 Å². The van der Waals surface area contributed by atoms with Gasteiger partial charge in [-0.3, -0.25) is 19.3 Å². The number of carboxylic acid groups (broad SMARTS) is 1. The molecule has 0 aliphatic rings. The molecule has 2 rings (SSSR count). The van der Waals surface area contributed by atoms with Gasteiger partial charge in [-0.1, -0.05) is 6.07 Å². The maximum absolute atomic E-state index is 11.7. The quantitative estimate of drug-likeness (QED) is 0.816. The third-order valence-corrected chi connectivity index (χ3v) is 2.55. The van der Waals surface area contributed by atoms with E-state index in [9.17, 15) is 9.59 Å². The lowest BCUT2D eigenvalue weighted by Gasteiger charge is -2.02. The molecule has 0 bridgehead atoms. The number of carboxylic acids is 1. The van der Waals surface area contributed by atoms with Crippen LogP contribution in [-0.2, 0) is 22.6 Å². The second-order valence-electron chi connectivity index (χ2n) is 4.19. The number of pyridine rings is 1. The Hall–Kier alpha value is -2.70. The number of hydrogen-bond donors (Lipinski definition) is 2. The van der Waals surface area contributed by atoms with Gasteiger partial charge in [-0.15, -0.1) is 0 Å². The second-order valence-corrected chi connectivity index (χ2v) is 4.19. The molecule has 7 nitrogen and oxygen atoms in total. The number of carbonyl (C=O) groups excluding carboxylic acids is 1. The van der Waals surface area contributed by atoms with Crippen LogP contribution in [0.25, 0.3) is 0 Å². The van der Waals surface area contributed by atoms with Gasteiger partial charge in [-0.05, 0) is 18.6 Å². The fourth-order valence-corrected chi connectivity index (χ4v) is 1.66. The van der Waals surface area contributed by atoms with E-state index in [0.29, 0.717) is 18.5 Å². The van der Waals surface area contributed by atoms with Gasteiger partial charge in [0.2, 0.25) is 5.91 Å². The van der Waals surface area contributed by atoms with Gasteiger partial charge in [0.05, 0.1) is 11.9 Å². The van der Waals surface area contributed by atoms with Crippen molar-refractivity contribution in [3.63, 3.8) is 0 Å². The van der Waals surface area contributed by atoms with Crippen LogP contribution in [0.3, 0.4) is 0 Å². The van der Waals surface area contributed by atoms with E-state index in [2.05, 4.69) is 15.4 Å². The van der Waals surface area contributed by atoms with Crippen LogP contribution in [-0.4, -0.2) is 31.7 Å². The van der Waals surface area contributed by atoms with Crippen molar-refractivity contribution in [2.24, 2.45) is 0 Å². The molecule has 20 heavy (non-hydrogen) atoms. The average Bonchev–Trinajstić information content (AvgIpc) is 2.84. The molecule has 7 heteroatoms. The second kappa shape index (κ2) is 6.46. The van der Waals surface area contributed by atoms with Gasteiger partial charge in [0.15, 0.2) is 0 Å². The number of aliphatic carboxylic acids is 1. The van der Waals surface area contributed by atoms with Crippen LogP contribution in [0.2, 0.25) is 0 Å². The predicted molar refractivity (Wildman–Crippen MR) is 71.1 cm³/mol. The van der Waals surface area contributed by atoms with E-state index in [1.807, 2.05) is 18.2 Å². The van der Waals surface area contributed by atoms with E-state index in [-0.39, 0.29) is 12.5 Å². The van der Waals surface area contributed by atoms with Crippen molar-refractivity contribution < 1.29 is 14.7 Å². The molecule has 0 unspecified atom stereocenters. The summed E-state index contributed by atoms with van der Waals surface area (Å²) in [5, 5.41) is 15.1. The van der Waals surface area contributed by atoms with E-state index >= 15 is 0 Å². The molecule has 0 saturated heterocycles. The first-order chi connectivity index (χ1) is 9.63. The predicted octanol–water partition coefficient (Wildman–Crippen LogP) is 0.934. The monoisotopic (exact) mass is 274 g/mol. The molecule has 104 valence electrons. The van der Waals surface area contributed by atoms with Gasteiger partial charge in [0, 0.05) is 24.5 Å². The van der Waals surface area contributed by atoms with Gasteiger partial charge >= 0.3 is 5.97 Å². The van der Waals surface area contributed by atoms with Crippen LogP contribution in [0.15, 0.2) is 36.8 Å². The van der Waals surface area contributed by atoms with Crippen LogP contribution in [0.5, 0.6) is 0 Å². The molecule has 0 aromatic carbocycles. The minimum Gasteiger partial charge on any atom is -0.480 e. The first-order valence-corrected chi connectivity index (χ1v) is 6.07. The summed E-state index contributed by atoms with van der Waals surface area (Å²) in [6.45, 7) is -0.232. The number of anilines is 1. The van der Waals surface area contributed by atoms with E-state index in [4.69, 9.17) is 5.11 Å². The lowest BCUT2D eigenvalue weighted by molar-refractivity contribution is -0.137. The molecular weight excluding hydrogens is 260 g/mol. The smallest absolute Gasteiger partial charge is 0.325 e. The number of amides is 1. The summed E-state index contributed by atoms with van der Waals surface area (Å²) in [6.07, 6.45) is 5.44. The number of nitrogens with one attached hydrogen (secondary N) is 1. The molecular formula is C13H14N4O3. The zero-order valence-electron chi connectivity index (χ0n) is 10.7. The molecule has 2 aromatic heterocycles. The summed E-state index contributed by atoms with van der Waals surface area (Å²) < 4.78 is 1.25. The van der Waals surface area contributed by atoms with Crippen LogP contribution in [0.1, 0.15) is 12.1 Å². The van der Waals surface area contributed by atoms with Crippen molar-refractivity contribution in [2.45, 2.75) is 19.4 Å². The van der Waals surface area contributed by atoms with Crippen LogP contribution in [0.4, 0.5) is 5.69 Å². The standard InChI is InChI=1S/C13H14N4O3/c18-12(5-4-10-3-1-2-6-14-10)16-11-7-15-17(8-11)9-13(19)20/h1-3,6-8H,4-5,9H2,(H,16,18)(H,19,20). The highest BCUT2D eigenvalue weighted by atomic mass is 16.4. The van der Waals surface area contributed by atoms with Gasteiger partial charge in [-0.2, -0.15) is 5.10 Å². The third kappa shape index (κ3) is 4.20. The van der Waals surface area contributed by atoms with Crippen molar-refractivity contribution in [2.75, 3.05) is 5.32 Å². The van der Waals surface area contributed by atoms with Crippen molar-refractivity contribution >= 4 is 17.6 Å².